The molecule has 1 amide bonds. The lowest BCUT2D eigenvalue weighted by atomic mass is 9.85. The van der Waals surface area contributed by atoms with Gasteiger partial charge in [0.15, 0.2) is 9.84 Å². The number of carbonyl (C=O) groups excluding carboxylic acids is 1. The summed E-state index contributed by atoms with van der Waals surface area (Å²) in [7, 11) is -3.27. The predicted molar refractivity (Wildman–Crippen MR) is 72.6 cm³/mol. The van der Waals surface area contributed by atoms with E-state index in [0.29, 0.717) is 0 Å². The van der Waals surface area contributed by atoms with Crippen molar-refractivity contribution in [2.75, 3.05) is 12.8 Å². The van der Waals surface area contributed by atoms with Gasteiger partial charge in [0.25, 0.3) is 0 Å². The molecule has 0 fully saturated rings. The van der Waals surface area contributed by atoms with Crippen molar-refractivity contribution in [2.45, 2.75) is 45.3 Å². The summed E-state index contributed by atoms with van der Waals surface area (Å²) in [5, 5.41) is 11.3. The minimum atomic E-state index is -3.27. The Labute approximate surface area is 114 Å². The van der Waals surface area contributed by atoms with Gasteiger partial charge >= 0.3 is 5.97 Å². The maximum absolute atomic E-state index is 11.7. The molecular formula is C12H23NO5S. The van der Waals surface area contributed by atoms with Crippen LogP contribution in [0.25, 0.3) is 0 Å². The van der Waals surface area contributed by atoms with E-state index < -0.39 is 26.0 Å². The van der Waals surface area contributed by atoms with Gasteiger partial charge in [-0.3, -0.25) is 9.59 Å². The second-order valence-electron chi connectivity index (χ2n) is 6.22. The predicted octanol–water partition coefficient (Wildman–Crippen LogP) is 0.817. The van der Waals surface area contributed by atoms with Gasteiger partial charge < -0.3 is 10.4 Å². The molecule has 0 radical (unpaired) electrons. The topological polar surface area (TPSA) is 101 Å². The third kappa shape index (κ3) is 6.56. The van der Waals surface area contributed by atoms with Crippen LogP contribution in [-0.2, 0) is 19.4 Å². The highest BCUT2D eigenvalue weighted by molar-refractivity contribution is 7.92. The van der Waals surface area contributed by atoms with E-state index in [-0.39, 0.29) is 25.3 Å². The molecule has 0 heterocycles. The smallest absolute Gasteiger partial charge is 0.303 e. The number of nitrogens with one attached hydrogen (secondary N) is 1. The first-order chi connectivity index (χ1) is 8.27. The van der Waals surface area contributed by atoms with Crippen molar-refractivity contribution in [3.63, 3.8) is 0 Å². The molecule has 112 valence electrons. The van der Waals surface area contributed by atoms with Gasteiger partial charge in [0, 0.05) is 19.2 Å². The van der Waals surface area contributed by atoms with Gasteiger partial charge in [-0.1, -0.05) is 13.8 Å². The fourth-order valence-electron chi connectivity index (χ4n) is 1.41. The maximum Gasteiger partial charge on any atom is 0.303 e. The molecule has 19 heavy (non-hydrogen) atoms. The minimum Gasteiger partial charge on any atom is -0.481 e. The first-order valence-corrected chi connectivity index (χ1v) is 7.84. The highest BCUT2D eigenvalue weighted by Gasteiger charge is 2.31. The second-order valence-corrected chi connectivity index (χ2v) is 8.87. The zero-order valence-electron chi connectivity index (χ0n) is 12.1. The standard InChI is InChI=1S/C12H23NO5S/c1-11(2,7-10(15)16)6-9(14)13-8-12(3,4)19(5,17)18/h6-8H2,1-5H3,(H,13,14)(H,15,16). The first kappa shape index (κ1) is 17.9. The molecule has 2 N–H and O–H groups in total. The summed E-state index contributed by atoms with van der Waals surface area (Å²) in [6, 6.07) is 0. The van der Waals surface area contributed by atoms with Gasteiger partial charge in [-0.15, -0.1) is 0 Å². The molecule has 0 aromatic heterocycles. The average Bonchev–Trinajstić information content (AvgIpc) is 2.09. The molecule has 0 aromatic rings. The highest BCUT2D eigenvalue weighted by atomic mass is 32.2. The Morgan fingerprint density at radius 1 is 1.11 bits per heavy atom. The molecule has 0 atom stereocenters. The van der Waals surface area contributed by atoms with Gasteiger partial charge in [-0.25, -0.2) is 8.42 Å². The maximum atomic E-state index is 11.7. The second kappa shape index (κ2) is 5.90. The van der Waals surface area contributed by atoms with E-state index in [1.165, 1.54) is 13.8 Å². The van der Waals surface area contributed by atoms with Gasteiger partial charge in [0.05, 0.1) is 11.2 Å². The lowest BCUT2D eigenvalue weighted by Gasteiger charge is -2.25. The molecule has 0 aliphatic carbocycles. The first-order valence-electron chi connectivity index (χ1n) is 5.95. The van der Waals surface area contributed by atoms with Crippen LogP contribution in [0, 0.1) is 5.41 Å². The van der Waals surface area contributed by atoms with Crippen molar-refractivity contribution in [1.29, 1.82) is 0 Å². The monoisotopic (exact) mass is 293 g/mol. The molecule has 0 aromatic carbocycles. The van der Waals surface area contributed by atoms with Crippen molar-refractivity contribution >= 4 is 21.7 Å². The molecular weight excluding hydrogens is 270 g/mol. The summed E-state index contributed by atoms with van der Waals surface area (Å²) in [5.41, 5.74) is -0.662. The van der Waals surface area contributed by atoms with Crippen LogP contribution < -0.4 is 5.32 Å². The number of rotatable bonds is 7. The summed E-state index contributed by atoms with van der Waals surface area (Å²) < 4.78 is 21.9. The molecule has 0 bridgehead atoms. The molecule has 6 nitrogen and oxygen atoms in total. The van der Waals surface area contributed by atoms with Gasteiger partial charge in [0.2, 0.25) is 5.91 Å². The molecule has 0 saturated heterocycles. The Balaban J connectivity index is 4.47. The SMILES string of the molecule is CC(C)(CC(=O)O)CC(=O)NCC(C)(C)S(C)(=O)=O. The highest BCUT2D eigenvalue weighted by Crippen LogP contribution is 2.25. The minimum absolute atomic E-state index is 0.00776. The lowest BCUT2D eigenvalue weighted by molar-refractivity contribution is -0.139. The summed E-state index contributed by atoms with van der Waals surface area (Å²) in [4.78, 5) is 22.3. The summed E-state index contributed by atoms with van der Waals surface area (Å²) >= 11 is 0. The van der Waals surface area contributed by atoms with E-state index in [2.05, 4.69) is 5.32 Å². The van der Waals surface area contributed by atoms with E-state index in [1.54, 1.807) is 13.8 Å². The van der Waals surface area contributed by atoms with Crippen LogP contribution in [0.15, 0.2) is 0 Å². The molecule has 0 unspecified atom stereocenters. The van der Waals surface area contributed by atoms with E-state index in [9.17, 15) is 18.0 Å². The molecule has 7 heteroatoms. The Bertz CT molecular complexity index is 451. The zero-order valence-corrected chi connectivity index (χ0v) is 12.9. The molecule has 0 aliphatic rings. The number of sulfone groups is 1. The van der Waals surface area contributed by atoms with Crippen LogP contribution in [0.5, 0.6) is 0 Å². The number of hydrogen-bond donors (Lipinski definition) is 2. The van der Waals surface area contributed by atoms with Crippen LogP contribution in [0.4, 0.5) is 0 Å². The van der Waals surface area contributed by atoms with Gasteiger partial charge in [-0.2, -0.15) is 0 Å². The van der Waals surface area contributed by atoms with E-state index >= 15 is 0 Å². The number of carboxylic acids is 1. The quantitative estimate of drug-likeness (QED) is 0.723. The Morgan fingerprint density at radius 2 is 1.58 bits per heavy atom. The average molecular weight is 293 g/mol. The number of amides is 1. The number of carbonyl (C=O) groups is 2. The van der Waals surface area contributed by atoms with Crippen LogP contribution in [0.2, 0.25) is 0 Å². The van der Waals surface area contributed by atoms with Crippen molar-refractivity contribution in [3.05, 3.63) is 0 Å². The molecule has 0 rings (SSSR count). The Kier molecular flexibility index (Phi) is 5.55. The number of carboxylic acid groups (broad SMARTS) is 1. The fourth-order valence-corrected chi connectivity index (χ4v) is 1.75. The van der Waals surface area contributed by atoms with Crippen molar-refractivity contribution in [2.24, 2.45) is 5.41 Å². The van der Waals surface area contributed by atoms with Gasteiger partial charge in [-0.05, 0) is 19.3 Å². The summed E-state index contributed by atoms with van der Waals surface area (Å²) in [6.07, 6.45) is 1.04. The van der Waals surface area contributed by atoms with Crippen LogP contribution in [-0.4, -0.2) is 42.9 Å². The number of hydrogen-bond acceptors (Lipinski definition) is 4. The van der Waals surface area contributed by atoms with E-state index in [0.717, 1.165) is 6.26 Å². The lowest BCUT2D eigenvalue weighted by Crippen LogP contribution is -2.44. The van der Waals surface area contributed by atoms with Crippen LogP contribution in [0.1, 0.15) is 40.5 Å². The van der Waals surface area contributed by atoms with Crippen molar-refractivity contribution < 1.29 is 23.1 Å². The fraction of sp³-hybridized carbons (Fsp3) is 0.833. The van der Waals surface area contributed by atoms with E-state index in [4.69, 9.17) is 5.11 Å². The summed E-state index contributed by atoms with van der Waals surface area (Å²) in [5.74, 6) is -1.31. The third-order valence-electron chi connectivity index (χ3n) is 2.98. The molecule has 0 aliphatic heterocycles. The Hall–Kier alpha value is -1.11. The van der Waals surface area contributed by atoms with Gasteiger partial charge in [0.1, 0.15) is 0 Å². The molecule has 0 spiro atoms. The Morgan fingerprint density at radius 3 is 1.95 bits per heavy atom. The van der Waals surface area contributed by atoms with Crippen molar-refractivity contribution in [3.8, 4) is 0 Å². The van der Waals surface area contributed by atoms with Crippen LogP contribution in [0.3, 0.4) is 0 Å². The normalized spacial score (nSPS) is 13.1. The van der Waals surface area contributed by atoms with Crippen LogP contribution >= 0.6 is 0 Å². The molecule has 0 saturated carbocycles. The third-order valence-corrected chi connectivity index (χ3v) is 5.14. The van der Waals surface area contributed by atoms with Crippen molar-refractivity contribution in [1.82, 2.24) is 5.32 Å². The largest absolute Gasteiger partial charge is 0.481 e. The zero-order chi connectivity index (χ0) is 15.5. The summed E-state index contributed by atoms with van der Waals surface area (Å²) in [6.45, 7) is 6.44. The number of aliphatic carboxylic acids is 1. The van der Waals surface area contributed by atoms with E-state index in [1.807, 2.05) is 0 Å².